The summed E-state index contributed by atoms with van der Waals surface area (Å²) in [4.78, 5) is 0. The molecule has 0 fully saturated rings. The van der Waals surface area contributed by atoms with Crippen LogP contribution in [0.5, 0.6) is 0 Å². The predicted octanol–water partition coefficient (Wildman–Crippen LogP) is 2.46. The number of nitrogen functional groups attached to an aromatic ring is 1. The first-order valence-corrected chi connectivity index (χ1v) is 5.53. The molecule has 2 aromatic rings. The van der Waals surface area contributed by atoms with Crippen molar-refractivity contribution in [3.63, 3.8) is 0 Å². The third kappa shape index (κ3) is 2.12. The van der Waals surface area contributed by atoms with Crippen LogP contribution in [-0.2, 0) is 0 Å². The largest absolute Gasteiger partial charge is 0.397 e. The lowest BCUT2D eigenvalue weighted by molar-refractivity contribution is 1.08. The highest BCUT2D eigenvalue weighted by atomic mass is 15.4. The summed E-state index contributed by atoms with van der Waals surface area (Å²) in [5, 5.41) is 10.3. The number of anilines is 3. The smallest absolute Gasteiger partial charge is 0.0991 e. The van der Waals surface area contributed by atoms with Gasteiger partial charge in [-0.3, -0.25) is 5.01 Å². The Morgan fingerprint density at radius 2 is 1.78 bits per heavy atom. The number of benzene rings is 2. The Bertz CT molecular complexity index is 576. The minimum absolute atomic E-state index is 0.602. The molecule has 0 aliphatic rings. The van der Waals surface area contributed by atoms with Gasteiger partial charge in [-0.15, -0.1) is 0 Å². The first-order chi connectivity index (χ1) is 8.63. The molecule has 4 N–H and O–H groups in total. The minimum atomic E-state index is 0.602. The monoisotopic (exact) mass is 238 g/mol. The number of nitrogens with zero attached hydrogens (tertiary/aromatic N) is 2. The summed E-state index contributed by atoms with van der Waals surface area (Å²) in [6.45, 7) is 1.95. The zero-order valence-electron chi connectivity index (χ0n) is 10.1. The molecule has 0 bridgehead atoms. The first kappa shape index (κ1) is 12.0. The van der Waals surface area contributed by atoms with Gasteiger partial charge in [0, 0.05) is 0 Å². The minimum Gasteiger partial charge on any atom is -0.397 e. The lowest BCUT2D eigenvalue weighted by atomic mass is 10.1. The average molecular weight is 238 g/mol. The highest BCUT2D eigenvalue weighted by Gasteiger charge is 2.10. The zero-order chi connectivity index (χ0) is 13.1. The van der Waals surface area contributed by atoms with Gasteiger partial charge in [0.2, 0.25) is 0 Å². The average Bonchev–Trinajstić information content (AvgIpc) is 2.38. The summed E-state index contributed by atoms with van der Waals surface area (Å²) in [5.74, 6) is 6.08. The molecule has 90 valence electrons. The normalized spacial score (nSPS) is 9.83. The number of nitrogens with two attached hydrogens (primary N) is 2. The Morgan fingerprint density at radius 1 is 1.11 bits per heavy atom. The van der Waals surface area contributed by atoms with E-state index in [9.17, 15) is 0 Å². The van der Waals surface area contributed by atoms with Crippen molar-refractivity contribution in [3.8, 4) is 6.07 Å². The van der Waals surface area contributed by atoms with Gasteiger partial charge < -0.3 is 5.73 Å². The second-order valence-electron chi connectivity index (χ2n) is 4.04. The van der Waals surface area contributed by atoms with E-state index in [1.807, 2.05) is 25.1 Å². The second-order valence-corrected chi connectivity index (χ2v) is 4.04. The third-order valence-corrected chi connectivity index (χ3v) is 2.78. The Labute approximate surface area is 106 Å². The number of hydrogen-bond acceptors (Lipinski definition) is 4. The number of aryl methyl sites for hydroxylation is 1. The molecule has 18 heavy (non-hydrogen) atoms. The lowest BCUT2D eigenvalue weighted by Gasteiger charge is -2.22. The van der Waals surface area contributed by atoms with Crippen LogP contribution < -0.4 is 16.6 Å². The van der Waals surface area contributed by atoms with Gasteiger partial charge in [0.25, 0.3) is 0 Å². The van der Waals surface area contributed by atoms with E-state index in [2.05, 4.69) is 6.07 Å². The summed E-state index contributed by atoms with van der Waals surface area (Å²) in [6.07, 6.45) is 0. The molecule has 4 heteroatoms. The van der Waals surface area contributed by atoms with Crippen LogP contribution >= 0.6 is 0 Å². The van der Waals surface area contributed by atoms with Crippen LogP contribution in [-0.4, -0.2) is 0 Å². The van der Waals surface area contributed by atoms with Crippen molar-refractivity contribution in [2.75, 3.05) is 10.7 Å². The maximum atomic E-state index is 8.76. The fourth-order valence-corrected chi connectivity index (χ4v) is 1.84. The molecule has 0 radical (unpaired) electrons. The van der Waals surface area contributed by atoms with Crippen molar-refractivity contribution >= 4 is 17.1 Å². The van der Waals surface area contributed by atoms with Crippen molar-refractivity contribution in [2.45, 2.75) is 6.92 Å². The number of hydrazine groups is 1. The Morgan fingerprint density at radius 3 is 2.33 bits per heavy atom. The van der Waals surface area contributed by atoms with Crippen LogP contribution in [0.25, 0.3) is 0 Å². The van der Waals surface area contributed by atoms with Gasteiger partial charge in [-0.2, -0.15) is 5.26 Å². The van der Waals surface area contributed by atoms with Gasteiger partial charge in [0.05, 0.1) is 28.7 Å². The van der Waals surface area contributed by atoms with Gasteiger partial charge in [0.15, 0.2) is 0 Å². The SMILES string of the molecule is Cc1cccc(N)c1N(N)c1ccc(C#N)cc1. The van der Waals surface area contributed by atoms with E-state index in [1.165, 1.54) is 5.01 Å². The van der Waals surface area contributed by atoms with Gasteiger partial charge in [-0.1, -0.05) is 12.1 Å². The molecule has 0 saturated heterocycles. The Kier molecular flexibility index (Phi) is 3.18. The number of hydrogen-bond donors (Lipinski definition) is 2. The molecular formula is C14H14N4. The molecule has 0 spiro atoms. The highest BCUT2D eigenvalue weighted by molar-refractivity contribution is 5.76. The summed E-state index contributed by atoms with van der Waals surface area (Å²) in [7, 11) is 0. The number of para-hydroxylation sites is 1. The van der Waals surface area contributed by atoms with Gasteiger partial charge >= 0.3 is 0 Å². The van der Waals surface area contributed by atoms with E-state index in [0.29, 0.717) is 11.3 Å². The molecule has 0 saturated carbocycles. The van der Waals surface area contributed by atoms with Crippen LogP contribution in [0.3, 0.4) is 0 Å². The molecule has 2 aromatic carbocycles. The van der Waals surface area contributed by atoms with Crippen LogP contribution in [0, 0.1) is 18.3 Å². The van der Waals surface area contributed by atoms with Crippen molar-refractivity contribution in [1.29, 1.82) is 5.26 Å². The standard InChI is InChI=1S/C14H14N4/c1-10-3-2-4-13(16)14(10)18(17)12-7-5-11(9-15)6-8-12/h2-8H,16-17H2,1H3. The van der Waals surface area contributed by atoms with E-state index in [4.69, 9.17) is 16.8 Å². The molecule has 0 unspecified atom stereocenters. The summed E-state index contributed by atoms with van der Waals surface area (Å²) in [6, 6.07) is 14.8. The predicted molar refractivity (Wildman–Crippen MR) is 73.1 cm³/mol. The quantitative estimate of drug-likeness (QED) is 0.478. The highest BCUT2D eigenvalue weighted by Crippen LogP contribution is 2.30. The summed E-state index contributed by atoms with van der Waals surface area (Å²) >= 11 is 0. The van der Waals surface area contributed by atoms with E-state index < -0.39 is 0 Å². The fraction of sp³-hybridized carbons (Fsp3) is 0.0714. The Balaban J connectivity index is 2.42. The molecule has 0 aliphatic carbocycles. The molecular weight excluding hydrogens is 224 g/mol. The maximum absolute atomic E-state index is 8.76. The molecule has 0 heterocycles. The van der Waals surface area contributed by atoms with Crippen molar-refractivity contribution in [3.05, 3.63) is 53.6 Å². The molecule has 0 atom stereocenters. The van der Waals surface area contributed by atoms with E-state index >= 15 is 0 Å². The van der Waals surface area contributed by atoms with Crippen molar-refractivity contribution in [1.82, 2.24) is 0 Å². The van der Waals surface area contributed by atoms with Crippen molar-refractivity contribution < 1.29 is 0 Å². The first-order valence-electron chi connectivity index (χ1n) is 5.53. The molecule has 0 aromatic heterocycles. The second kappa shape index (κ2) is 4.78. The third-order valence-electron chi connectivity index (χ3n) is 2.78. The van der Waals surface area contributed by atoms with Crippen LogP contribution in [0.15, 0.2) is 42.5 Å². The molecule has 2 rings (SSSR count). The number of rotatable bonds is 2. The van der Waals surface area contributed by atoms with E-state index in [-0.39, 0.29) is 0 Å². The van der Waals surface area contributed by atoms with Gasteiger partial charge in [0.1, 0.15) is 0 Å². The number of nitriles is 1. The van der Waals surface area contributed by atoms with Gasteiger partial charge in [-0.25, -0.2) is 5.84 Å². The molecule has 4 nitrogen and oxygen atoms in total. The van der Waals surface area contributed by atoms with Crippen LogP contribution in [0.1, 0.15) is 11.1 Å². The van der Waals surface area contributed by atoms with E-state index in [0.717, 1.165) is 16.9 Å². The Hall–Kier alpha value is -2.51. The van der Waals surface area contributed by atoms with Crippen molar-refractivity contribution in [2.24, 2.45) is 5.84 Å². The fourth-order valence-electron chi connectivity index (χ4n) is 1.84. The van der Waals surface area contributed by atoms with E-state index in [1.54, 1.807) is 24.3 Å². The summed E-state index contributed by atoms with van der Waals surface area (Å²) < 4.78 is 0. The maximum Gasteiger partial charge on any atom is 0.0991 e. The molecule has 0 aliphatic heterocycles. The lowest BCUT2D eigenvalue weighted by Crippen LogP contribution is -2.26. The van der Waals surface area contributed by atoms with Gasteiger partial charge in [-0.05, 0) is 42.8 Å². The summed E-state index contributed by atoms with van der Waals surface area (Å²) in [5.41, 5.74) is 9.74. The zero-order valence-corrected chi connectivity index (χ0v) is 10.1. The van der Waals surface area contributed by atoms with Crippen LogP contribution in [0.2, 0.25) is 0 Å². The topological polar surface area (TPSA) is 79.1 Å². The van der Waals surface area contributed by atoms with Crippen LogP contribution in [0.4, 0.5) is 17.1 Å². The molecule has 0 amide bonds.